The zero-order valence-electron chi connectivity index (χ0n) is 10.2. The fourth-order valence-electron chi connectivity index (χ4n) is 1.61. The molecule has 0 aliphatic carbocycles. The van der Waals surface area contributed by atoms with E-state index in [2.05, 4.69) is 5.18 Å². The average molecular weight is 243 g/mol. The molecular weight excluding hydrogens is 230 g/mol. The Morgan fingerprint density at radius 1 is 1.06 bits per heavy atom. The summed E-state index contributed by atoms with van der Waals surface area (Å²) in [4.78, 5) is 10.6. The van der Waals surface area contributed by atoms with Gasteiger partial charge in [0.1, 0.15) is 17.2 Å². The number of nitroso groups, excluding NO2 is 1. The zero-order valence-corrected chi connectivity index (χ0v) is 10.2. The number of para-hydroxylation sites is 1. The quantitative estimate of drug-likeness (QED) is 0.756. The molecule has 0 aromatic heterocycles. The molecule has 0 aliphatic heterocycles. The van der Waals surface area contributed by atoms with Gasteiger partial charge in [0, 0.05) is 6.07 Å². The average Bonchev–Trinajstić information content (AvgIpc) is 2.41. The second-order valence-corrected chi connectivity index (χ2v) is 3.80. The predicted molar refractivity (Wildman–Crippen MR) is 69.7 cm³/mol. The van der Waals surface area contributed by atoms with Crippen molar-refractivity contribution < 1.29 is 9.47 Å². The Kier molecular flexibility index (Phi) is 3.57. The van der Waals surface area contributed by atoms with Crippen LogP contribution in [0.2, 0.25) is 0 Å². The van der Waals surface area contributed by atoms with Crippen molar-refractivity contribution in [2.24, 2.45) is 5.18 Å². The Hall–Kier alpha value is -2.36. The first-order chi connectivity index (χ1) is 8.74. The molecule has 4 heteroatoms. The van der Waals surface area contributed by atoms with Gasteiger partial charge in [0.25, 0.3) is 0 Å². The molecule has 0 bridgehead atoms. The molecule has 4 nitrogen and oxygen atoms in total. The van der Waals surface area contributed by atoms with Gasteiger partial charge in [-0.3, -0.25) is 0 Å². The molecule has 0 atom stereocenters. The van der Waals surface area contributed by atoms with Gasteiger partial charge in [-0.2, -0.15) is 0 Å². The topological polar surface area (TPSA) is 47.9 Å². The number of benzene rings is 2. The smallest absolute Gasteiger partial charge is 0.151 e. The SMILES string of the molecule is COc1cc(Oc2ccccc2)c(C)cc1N=O. The Labute approximate surface area is 105 Å². The van der Waals surface area contributed by atoms with E-state index in [1.165, 1.54) is 7.11 Å². The van der Waals surface area contributed by atoms with E-state index in [0.29, 0.717) is 11.5 Å². The van der Waals surface area contributed by atoms with Gasteiger partial charge < -0.3 is 9.47 Å². The minimum Gasteiger partial charge on any atom is -0.494 e. The van der Waals surface area contributed by atoms with Gasteiger partial charge in [0.2, 0.25) is 0 Å². The molecule has 92 valence electrons. The molecule has 0 radical (unpaired) electrons. The van der Waals surface area contributed by atoms with Gasteiger partial charge in [-0.25, -0.2) is 0 Å². The fourth-order valence-corrected chi connectivity index (χ4v) is 1.61. The minimum absolute atomic E-state index is 0.274. The number of rotatable bonds is 4. The van der Waals surface area contributed by atoms with Crippen molar-refractivity contribution in [3.8, 4) is 17.2 Å². The second-order valence-electron chi connectivity index (χ2n) is 3.80. The summed E-state index contributed by atoms with van der Waals surface area (Å²) in [5, 5.41) is 2.92. The predicted octanol–water partition coefficient (Wildman–Crippen LogP) is 4.19. The minimum atomic E-state index is 0.274. The molecule has 0 fully saturated rings. The summed E-state index contributed by atoms with van der Waals surface area (Å²) >= 11 is 0. The molecule has 0 saturated heterocycles. The highest BCUT2D eigenvalue weighted by Crippen LogP contribution is 2.36. The van der Waals surface area contributed by atoms with Crippen molar-refractivity contribution >= 4 is 5.69 Å². The monoisotopic (exact) mass is 243 g/mol. The van der Waals surface area contributed by atoms with E-state index in [9.17, 15) is 4.91 Å². The molecule has 18 heavy (non-hydrogen) atoms. The molecule has 0 saturated carbocycles. The van der Waals surface area contributed by atoms with Crippen LogP contribution in [0.5, 0.6) is 17.2 Å². The van der Waals surface area contributed by atoms with Crippen LogP contribution < -0.4 is 9.47 Å². The first-order valence-electron chi connectivity index (χ1n) is 5.49. The molecule has 0 N–H and O–H groups in total. The van der Waals surface area contributed by atoms with Gasteiger partial charge in [-0.05, 0) is 35.9 Å². The molecule has 0 unspecified atom stereocenters. The van der Waals surface area contributed by atoms with E-state index in [1.807, 2.05) is 37.3 Å². The van der Waals surface area contributed by atoms with Crippen LogP contribution in [0.4, 0.5) is 5.69 Å². The standard InChI is InChI=1S/C14H13NO3/c1-10-8-12(15-16)14(17-2)9-13(10)18-11-6-4-3-5-7-11/h3-9H,1-2H3. The van der Waals surface area contributed by atoms with E-state index in [4.69, 9.17) is 9.47 Å². The summed E-state index contributed by atoms with van der Waals surface area (Å²) in [5.74, 6) is 1.78. The van der Waals surface area contributed by atoms with Crippen LogP contribution in [-0.2, 0) is 0 Å². The van der Waals surface area contributed by atoms with Crippen molar-refractivity contribution in [2.45, 2.75) is 6.92 Å². The molecule has 2 aromatic carbocycles. The van der Waals surface area contributed by atoms with Gasteiger partial charge >= 0.3 is 0 Å². The van der Waals surface area contributed by atoms with E-state index < -0.39 is 0 Å². The maximum atomic E-state index is 10.6. The molecule has 0 heterocycles. The lowest BCUT2D eigenvalue weighted by atomic mass is 10.2. The number of hydrogen-bond donors (Lipinski definition) is 0. The Morgan fingerprint density at radius 2 is 1.78 bits per heavy atom. The largest absolute Gasteiger partial charge is 0.494 e. The first kappa shape index (κ1) is 12.1. The molecule has 2 rings (SSSR count). The summed E-state index contributed by atoms with van der Waals surface area (Å²) < 4.78 is 10.8. The normalized spacial score (nSPS) is 9.89. The third-order valence-electron chi connectivity index (χ3n) is 2.55. The van der Waals surface area contributed by atoms with Crippen LogP contribution in [-0.4, -0.2) is 7.11 Å². The summed E-state index contributed by atoms with van der Waals surface area (Å²) in [6.45, 7) is 1.85. The summed E-state index contributed by atoms with van der Waals surface area (Å²) in [6.07, 6.45) is 0. The third kappa shape index (κ3) is 2.48. The molecule has 0 aliphatic rings. The lowest BCUT2D eigenvalue weighted by Gasteiger charge is -2.11. The summed E-state index contributed by atoms with van der Waals surface area (Å²) in [6, 6.07) is 12.7. The fraction of sp³-hybridized carbons (Fsp3) is 0.143. The Morgan fingerprint density at radius 3 is 2.39 bits per heavy atom. The van der Waals surface area contributed by atoms with Crippen molar-refractivity contribution in [1.29, 1.82) is 0 Å². The van der Waals surface area contributed by atoms with Crippen molar-refractivity contribution in [3.63, 3.8) is 0 Å². The van der Waals surface area contributed by atoms with Gasteiger partial charge in [-0.1, -0.05) is 18.2 Å². The van der Waals surface area contributed by atoms with E-state index >= 15 is 0 Å². The molecular formula is C14H13NO3. The number of hydrogen-bond acceptors (Lipinski definition) is 4. The van der Waals surface area contributed by atoms with Crippen LogP contribution in [0.25, 0.3) is 0 Å². The first-order valence-corrected chi connectivity index (χ1v) is 5.49. The highest BCUT2D eigenvalue weighted by Gasteiger charge is 2.10. The lowest BCUT2D eigenvalue weighted by Crippen LogP contribution is -1.90. The molecule has 0 amide bonds. The third-order valence-corrected chi connectivity index (χ3v) is 2.55. The summed E-state index contributed by atoms with van der Waals surface area (Å²) in [5.41, 5.74) is 1.10. The van der Waals surface area contributed by atoms with E-state index in [0.717, 1.165) is 11.3 Å². The zero-order chi connectivity index (χ0) is 13.0. The second kappa shape index (κ2) is 5.31. The van der Waals surface area contributed by atoms with E-state index in [-0.39, 0.29) is 5.69 Å². The van der Waals surface area contributed by atoms with Gasteiger partial charge in [-0.15, -0.1) is 4.91 Å². The number of nitrogens with zero attached hydrogens (tertiary/aromatic N) is 1. The number of aryl methyl sites for hydroxylation is 1. The maximum absolute atomic E-state index is 10.6. The van der Waals surface area contributed by atoms with Crippen LogP contribution in [0.3, 0.4) is 0 Å². The summed E-state index contributed by atoms with van der Waals surface area (Å²) in [7, 11) is 1.49. The van der Waals surface area contributed by atoms with Gasteiger partial charge in [0.15, 0.2) is 5.75 Å². The highest BCUT2D eigenvalue weighted by molar-refractivity contribution is 5.58. The Balaban J connectivity index is 2.36. The van der Waals surface area contributed by atoms with Crippen LogP contribution >= 0.6 is 0 Å². The van der Waals surface area contributed by atoms with Crippen molar-refractivity contribution in [1.82, 2.24) is 0 Å². The van der Waals surface area contributed by atoms with Crippen LogP contribution in [0, 0.1) is 11.8 Å². The van der Waals surface area contributed by atoms with Crippen LogP contribution in [0.1, 0.15) is 5.56 Å². The van der Waals surface area contributed by atoms with Crippen molar-refractivity contribution in [3.05, 3.63) is 52.9 Å². The lowest BCUT2D eigenvalue weighted by molar-refractivity contribution is 0.409. The highest BCUT2D eigenvalue weighted by atomic mass is 16.5. The molecule has 0 spiro atoms. The Bertz CT molecular complexity index is 552. The van der Waals surface area contributed by atoms with Crippen molar-refractivity contribution in [2.75, 3.05) is 7.11 Å². The van der Waals surface area contributed by atoms with Crippen LogP contribution in [0.15, 0.2) is 47.6 Å². The van der Waals surface area contributed by atoms with E-state index in [1.54, 1.807) is 12.1 Å². The molecule has 2 aromatic rings. The maximum Gasteiger partial charge on any atom is 0.151 e. The number of methoxy groups -OCH3 is 1. The number of ether oxygens (including phenoxy) is 2. The van der Waals surface area contributed by atoms with Gasteiger partial charge in [0.05, 0.1) is 7.11 Å².